The van der Waals surface area contributed by atoms with Crippen LogP contribution in [0.15, 0.2) is 30.5 Å². The Morgan fingerprint density at radius 2 is 2.19 bits per heavy atom. The van der Waals surface area contributed by atoms with E-state index in [1.54, 1.807) is 30.0 Å². The number of anilines is 2. The van der Waals surface area contributed by atoms with Crippen LogP contribution in [0.3, 0.4) is 0 Å². The van der Waals surface area contributed by atoms with Gasteiger partial charge in [-0.1, -0.05) is 19.1 Å². The van der Waals surface area contributed by atoms with Gasteiger partial charge >= 0.3 is 0 Å². The van der Waals surface area contributed by atoms with Gasteiger partial charge in [-0.25, -0.2) is 14.4 Å². The molecule has 1 heterocycles. The summed E-state index contributed by atoms with van der Waals surface area (Å²) in [6, 6.07) is 7.01. The molecule has 0 aliphatic carbocycles. The molecule has 0 aliphatic rings. The van der Waals surface area contributed by atoms with E-state index in [2.05, 4.69) is 9.97 Å². The Bertz CT molecular complexity index is 666. The largest absolute Gasteiger partial charge is 0.368 e. The molecule has 1 amide bonds. The molecule has 0 unspecified atom stereocenters. The highest BCUT2D eigenvalue weighted by molar-refractivity contribution is 5.93. The highest BCUT2D eigenvalue weighted by atomic mass is 19.1. The molecule has 0 bridgehead atoms. The third-order valence-corrected chi connectivity index (χ3v) is 3.11. The van der Waals surface area contributed by atoms with E-state index in [0.29, 0.717) is 24.2 Å². The van der Waals surface area contributed by atoms with Crippen LogP contribution in [0, 0.1) is 5.82 Å². The van der Waals surface area contributed by atoms with Crippen LogP contribution < -0.4 is 10.6 Å². The molecular formula is C15H19FN4O. The normalized spacial score (nSPS) is 10.4. The van der Waals surface area contributed by atoms with Crippen LogP contribution in [0.25, 0.3) is 11.3 Å². The summed E-state index contributed by atoms with van der Waals surface area (Å²) in [5, 5.41) is 0. The third-order valence-electron chi connectivity index (χ3n) is 3.11. The third kappa shape index (κ3) is 3.16. The van der Waals surface area contributed by atoms with Crippen LogP contribution in [0.4, 0.5) is 16.0 Å². The number of nitrogen functional groups attached to an aromatic ring is 1. The van der Waals surface area contributed by atoms with Crippen molar-refractivity contribution in [2.45, 2.75) is 20.3 Å². The minimum Gasteiger partial charge on any atom is -0.368 e. The fourth-order valence-electron chi connectivity index (χ4n) is 2.10. The molecule has 2 N–H and O–H groups in total. The van der Waals surface area contributed by atoms with Gasteiger partial charge in [0.15, 0.2) is 5.82 Å². The number of carbonyl (C=O) groups excluding carboxylic acids is 1. The average Bonchev–Trinajstić information content (AvgIpc) is 2.50. The molecule has 2 rings (SSSR count). The van der Waals surface area contributed by atoms with Crippen molar-refractivity contribution in [2.24, 2.45) is 0 Å². The fourth-order valence-corrected chi connectivity index (χ4v) is 2.10. The number of carbonyl (C=O) groups is 1. The predicted octanol–water partition coefficient (Wildman–Crippen LogP) is 2.87. The van der Waals surface area contributed by atoms with Crippen molar-refractivity contribution >= 4 is 17.5 Å². The van der Waals surface area contributed by atoms with Gasteiger partial charge in [0.25, 0.3) is 0 Å². The lowest BCUT2D eigenvalue weighted by molar-refractivity contribution is -0.118. The molecule has 21 heavy (non-hydrogen) atoms. The van der Waals surface area contributed by atoms with Gasteiger partial charge in [0.2, 0.25) is 11.9 Å². The van der Waals surface area contributed by atoms with E-state index in [0.717, 1.165) is 6.20 Å². The summed E-state index contributed by atoms with van der Waals surface area (Å²) in [6.45, 7) is 4.24. The minimum atomic E-state index is -0.550. The summed E-state index contributed by atoms with van der Waals surface area (Å²) in [6.07, 6.45) is 1.45. The van der Waals surface area contributed by atoms with E-state index in [4.69, 9.17) is 5.73 Å². The Morgan fingerprint density at radius 1 is 1.43 bits per heavy atom. The first-order valence-corrected chi connectivity index (χ1v) is 6.75. The number of amides is 1. The molecule has 0 spiro atoms. The summed E-state index contributed by atoms with van der Waals surface area (Å²) >= 11 is 0. The molecule has 6 heteroatoms. The molecule has 0 fully saturated rings. The molecular weight excluding hydrogens is 271 g/mol. The Morgan fingerprint density at radius 3 is 2.86 bits per heavy atom. The monoisotopic (exact) mass is 290 g/mol. The molecule has 1 aromatic carbocycles. The zero-order valence-corrected chi connectivity index (χ0v) is 12.0. The van der Waals surface area contributed by atoms with E-state index in [1.807, 2.05) is 13.0 Å². The van der Waals surface area contributed by atoms with Crippen molar-refractivity contribution in [2.75, 3.05) is 17.2 Å². The molecule has 112 valence electrons. The van der Waals surface area contributed by atoms with E-state index in [-0.39, 0.29) is 19.0 Å². The van der Waals surface area contributed by atoms with Crippen LogP contribution in [0.5, 0.6) is 0 Å². The van der Waals surface area contributed by atoms with Gasteiger partial charge in [-0.2, -0.15) is 0 Å². The number of rotatable bonds is 4. The summed E-state index contributed by atoms with van der Waals surface area (Å²) in [4.78, 5) is 21.1. The Hall–Kier alpha value is -2.50. The Labute approximate surface area is 124 Å². The lowest BCUT2D eigenvalue weighted by Crippen LogP contribution is -2.29. The first-order valence-electron chi connectivity index (χ1n) is 6.75. The van der Waals surface area contributed by atoms with E-state index in [9.17, 15) is 9.18 Å². The zero-order chi connectivity index (χ0) is 15.4. The Kier molecular flexibility index (Phi) is 4.47. The van der Waals surface area contributed by atoms with E-state index >= 15 is 0 Å². The Balaban J connectivity index is 0.00000242. The second-order valence-electron chi connectivity index (χ2n) is 4.47. The quantitative estimate of drug-likeness (QED) is 0.939. The summed E-state index contributed by atoms with van der Waals surface area (Å²) in [5.74, 6) is -0.530. The van der Waals surface area contributed by atoms with Gasteiger partial charge in [-0.3, -0.25) is 4.79 Å². The van der Waals surface area contributed by atoms with Gasteiger partial charge in [0.05, 0.1) is 6.20 Å². The maximum atomic E-state index is 13.8. The van der Waals surface area contributed by atoms with Gasteiger partial charge in [0.1, 0.15) is 5.69 Å². The second kappa shape index (κ2) is 6.30. The van der Waals surface area contributed by atoms with Crippen molar-refractivity contribution in [3.05, 3.63) is 36.3 Å². The number of hydrogen-bond donors (Lipinski definition) is 1. The molecule has 0 saturated carbocycles. The first kappa shape index (κ1) is 14.9. The number of aromatic nitrogens is 2. The van der Waals surface area contributed by atoms with E-state index in [1.165, 1.54) is 0 Å². The van der Waals surface area contributed by atoms with Crippen LogP contribution in [0.2, 0.25) is 0 Å². The van der Waals surface area contributed by atoms with Crippen molar-refractivity contribution in [3.63, 3.8) is 0 Å². The number of hydrogen-bond acceptors (Lipinski definition) is 4. The zero-order valence-electron chi connectivity index (χ0n) is 12.0. The van der Waals surface area contributed by atoms with Crippen LogP contribution in [0.1, 0.15) is 21.7 Å². The van der Waals surface area contributed by atoms with Crippen molar-refractivity contribution in [1.82, 2.24) is 9.97 Å². The first-order chi connectivity index (χ1) is 10.1. The number of nitrogens with zero attached hydrogens (tertiary/aromatic N) is 3. The summed E-state index contributed by atoms with van der Waals surface area (Å²) < 4.78 is 13.8. The maximum absolute atomic E-state index is 13.8. The molecule has 0 saturated heterocycles. The number of halogens is 1. The summed E-state index contributed by atoms with van der Waals surface area (Å²) in [7, 11) is 0. The molecule has 1 aromatic heterocycles. The number of nitrogens with two attached hydrogens (primary N) is 1. The fraction of sp³-hybridized carbons (Fsp3) is 0.267. The molecule has 5 nitrogen and oxygen atoms in total. The van der Waals surface area contributed by atoms with Gasteiger partial charge in [0, 0.05) is 25.6 Å². The van der Waals surface area contributed by atoms with Gasteiger partial charge < -0.3 is 10.6 Å². The highest BCUT2D eigenvalue weighted by Gasteiger charge is 2.14. The van der Waals surface area contributed by atoms with Crippen LogP contribution in [-0.4, -0.2) is 22.4 Å². The van der Waals surface area contributed by atoms with E-state index < -0.39 is 5.82 Å². The predicted molar refractivity (Wildman–Crippen MR) is 82.3 cm³/mol. The van der Waals surface area contributed by atoms with Crippen LogP contribution in [-0.2, 0) is 4.79 Å². The lowest BCUT2D eigenvalue weighted by atomic mass is 10.1. The minimum absolute atomic E-state index is 0. The van der Waals surface area contributed by atoms with Gasteiger partial charge in [-0.15, -0.1) is 0 Å². The smallest absolute Gasteiger partial charge is 0.226 e. The summed E-state index contributed by atoms with van der Waals surface area (Å²) in [5.41, 5.74) is 6.90. The molecule has 0 aliphatic heterocycles. The second-order valence-corrected chi connectivity index (χ2v) is 4.47. The molecule has 0 atom stereocenters. The van der Waals surface area contributed by atoms with Crippen LogP contribution >= 0.6 is 0 Å². The van der Waals surface area contributed by atoms with Crippen molar-refractivity contribution < 1.29 is 10.6 Å². The average molecular weight is 290 g/mol. The maximum Gasteiger partial charge on any atom is 0.226 e. The standard InChI is InChI=1S/C15H17FN4O.H2/c1-3-13(21)20(4-2)11-7-5-6-10(8-11)14-12(16)9-18-15(17)19-14;/h5-9H,3-4H2,1-2H3,(H2,17,18,19);1H. The SMILES string of the molecule is CCC(=O)N(CC)c1cccc(-c2nc(N)ncc2F)c1.[HH]. The number of benzene rings is 1. The van der Waals surface area contributed by atoms with Crippen molar-refractivity contribution in [1.29, 1.82) is 0 Å². The highest BCUT2D eigenvalue weighted by Crippen LogP contribution is 2.25. The molecule has 2 aromatic rings. The topological polar surface area (TPSA) is 72.1 Å². The molecule has 0 radical (unpaired) electrons. The van der Waals surface area contributed by atoms with Gasteiger partial charge in [-0.05, 0) is 19.1 Å². The lowest BCUT2D eigenvalue weighted by Gasteiger charge is -2.21. The van der Waals surface area contributed by atoms with Crippen molar-refractivity contribution in [3.8, 4) is 11.3 Å².